The number of rotatable bonds is 1. The van der Waals surface area contributed by atoms with Gasteiger partial charge in [0.05, 0.1) is 5.69 Å². The molecule has 5 nitrogen and oxygen atoms in total. The van der Waals surface area contributed by atoms with Crippen molar-refractivity contribution in [1.29, 1.82) is 5.41 Å². The van der Waals surface area contributed by atoms with Gasteiger partial charge in [-0.05, 0) is 6.92 Å². The van der Waals surface area contributed by atoms with Crippen LogP contribution >= 0.6 is 0 Å². The van der Waals surface area contributed by atoms with Crippen molar-refractivity contribution in [2.24, 2.45) is 5.73 Å². The average Bonchev–Trinajstić information content (AvgIpc) is 2.61. The van der Waals surface area contributed by atoms with Gasteiger partial charge >= 0.3 is 0 Å². The molecule has 1 aromatic carbocycles. The molecule has 1 aromatic heterocycles. The Morgan fingerprint density at radius 1 is 1.31 bits per heavy atom. The maximum atomic E-state index is 7.28. The summed E-state index contributed by atoms with van der Waals surface area (Å²) in [5.74, 6) is 0.180. The third-order valence-electron chi connectivity index (χ3n) is 2.31. The van der Waals surface area contributed by atoms with E-state index in [0.717, 1.165) is 5.56 Å². The molecule has 0 aliphatic carbocycles. The third-order valence-corrected chi connectivity index (χ3v) is 2.31. The van der Waals surface area contributed by atoms with Crippen molar-refractivity contribution in [3.63, 3.8) is 0 Å². The van der Waals surface area contributed by atoms with E-state index >= 15 is 0 Å². The van der Waals surface area contributed by atoms with E-state index < -0.39 is 0 Å². The molecule has 2 aromatic rings. The molecule has 0 aliphatic heterocycles. The summed E-state index contributed by atoms with van der Waals surface area (Å²) in [5.41, 5.74) is 13.9. The summed E-state index contributed by atoms with van der Waals surface area (Å²) in [5, 5.41) is 11.4. The lowest BCUT2D eigenvalue weighted by Gasteiger charge is -1.98. The number of aryl methyl sites for hydroxylation is 1. The monoisotopic (exact) mass is 215 g/mol. The van der Waals surface area contributed by atoms with Crippen molar-refractivity contribution < 1.29 is 0 Å². The molecule has 5 heteroatoms. The largest absolute Gasteiger partial charge is 0.383 e. The first kappa shape index (κ1) is 10.2. The molecule has 0 unspecified atom stereocenters. The van der Waals surface area contributed by atoms with E-state index in [1.807, 2.05) is 31.2 Å². The van der Waals surface area contributed by atoms with Crippen LogP contribution in [0, 0.1) is 12.3 Å². The standard InChI is InChI=1S/C11H13N5/c1-7-2-4-8(5-3-7)9-6-10(12)16(15-9)11(13)14/h2-6H,12H2,1H3,(H3,13,14). The van der Waals surface area contributed by atoms with Crippen molar-refractivity contribution >= 4 is 11.8 Å². The summed E-state index contributed by atoms with van der Waals surface area (Å²) >= 11 is 0. The molecule has 0 bridgehead atoms. The van der Waals surface area contributed by atoms with Crippen LogP contribution in [0.25, 0.3) is 11.3 Å². The Bertz CT molecular complexity index is 524. The second-order valence-electron chi connectivity index (χ2n) is 3.62. The number of nitrogens with two attached hydrogens (primary N) is 2. The Balaban J connectivity index is 2.45. The van der Waals surface area contributed by atoms with Crippen molar-refractivity contribution in [2.75, 3.05) is 5.73 Å². The SMILES string of the molecule is Cc1ccc(-c2cc(N)n(C(=N)N)n2)cc1. The zero-order valence-electron chi connectivity index (χ0n) is 8.94. The number of nitrogens with one attached hydrogen (secondary N) is 1. The van der Waals surface area contributed by atoms with Gasteiger partial charge in [0.15, 0.2) is 0 Å². The molecule has 0 aliphatic rings. The van der Waals surface area contributed by atoms with Crippen molar-refractivity contribution in [3.8, 4) is 11.3 Å². The molecule has 0 spiro atoms. The Kier molecular flexibility index (Phi) is 2.36. The maximum Gasteiger partial charge on any atom is 0.215 e. The van der Waals surface area contributed by atoms with Gasteiger partial charge in [0.2, 0.25) is 5.96 Å². The van der Waals surface area contributed by atoms with E-state index in [1.165, 1.54) is 10.2 Å². The summed E-state index contributed by atoms with van der Waals surface area (Å²) in [6.07, 6.45) is 0. The lowest BCUT2D eigenvalue weighted by atomic mass is 10.1. The van der Waals surface area contributed by atoms with Crippen LogP contribution in [0.3, 0.4) is 0 Å². The fourth-order valence-electron chi connectivity index (χ4n) is 1.45. The summed E-state index contributed by atoms with van der Waals surface area (Å²) in [4.78, 5) is 0. The van der Waals surface area contributed by atoms with E-state index in [4.69, 9.17) is 16.9 Å². The van der Waals surface area contributed by atoms with Crippen LogP contribution in [-0.2, 0) is 0 Å². The van der Waals surface area contributed by atoms with Crippen LogP contribution in [0.15, 0.2) is 30.3 Å². The topological polar surface area (TPSA) is 93.7 Å². The Morgan fingerprint density at radius 2 is 1.94 bits per heavy atom. The van der Waals surface area contributed by atoms with Crippen molar-refractivity contribution in [3.05, 3.63) is 35.9 Å². The first-order chi connectivity index (χ1) is 7.58. The number of anilines is 1. The summed E-state index contributed by atoms with van der Waals surface area (Å²) < 4.78 is 1.20. The predicted molar refractivity (Wildman–Crippen MR) is 64.1 cm³/mol. The van der Waals surface area contributed by atoms with Crippen LogP contribution in [0.5, 0.6) is 0 Å². The highest BCUT2D eigenvalue weighted by Gasteiger charge is 2.08. The number of benzene rings is 1. The zero-order chi connectivity index (χ0) is 11.7. The second kappa shape index (κ2) is 3.69. The second-order valence-corrected chi connectivity index (χ2v) is 3.62. The Morgan fingerprint density at radius 3 is 2.44 bits per heavy atom. The number of nitrogens with zero attached hydrogens (tertiary/aromatic N) is 2. The van der Waals surface area contributed by atoms with Gasteiger partial charge < -0.3 is 11.5 Å². The molecule has 2 rings (SSSR count). The van der Waals surface area contributed by atoms with Gasteiger partial charge in [-0.3, -0.25) is 5.41 Å². The molecule has 1 heterocycles. The Hall–Kier alpha value is -2.30. The van der Waals surface area contributed by atoms with Gasteiger partial charge in [-0.2, -0.15) is 9.78 Å². The minimum absolute atomic E-state index is 0.184. The van der Waals surface area contributed by atoms with Crippen LogP contribution in [0.2, 0.25) is 0 Å². The van der Waals surface area contributed by atoms with E-state index in [2.05, 4.69) is 5.10 Å². The molecule has 0 saturated carbocycles. The zero-order valence-corrected chi connectivity index (χ0v) is 8.94. The summed E-state index contributed by atoms with van der Waals surface area (Å²) in [6, 6.07) is 9.62. The predicted octanol–water partition coefficient (Wildman–Crippen LogP) is 1.18. The number of hydrogen-bond acceptors (Lipinski definition) is 3. The number of hydrogen-bond donors (Lipinski definition) is 3. The third kappa shape index (κ3) is 1.75. The van der Waals surface area contributed by atoms with E-state index in [1.54, 1.807) is 6.07 Å². The van der Waals surface area contributed by atoms with Crippen LogP contribution < -0.4 is 11.5 Å². The number of nitrogen functional groups attached to an aromatic ring is 2. The van der Waals surface area contributed by atoms with Gasteiger partial charge in [-0.15, -0.1) is 0 Å². The molecule has 0 radical (unpaired) electrons. The first-order valence-corrected chi connectivity index (χ1v) is 4.85. The first-order valence-electron chi connectivity index (χ1n) is 4.85. The van der Waals surface area contributed by atoms with Crippen LogP contribution in [0.4, 0.5) is 5.82 Å². The average molecular weight is 215 g/mol. The van der Waals surface area contributed by atoms with E-state index in [-0.39, 0.29) is 5.96 Å². The highest BCUT2D eigenvalue weighted by molar-refractivity contribution is 5.81. The summed E-state index contributed by atoms with van der Waals surface area (Å²) in [6.45, 7) is 2.02. The van der Waals surface area contributed by atoms with Gasteiger partial charge in [0, 0.05) is 11.6 Å². The quantitative estimate of drug-likeness (QED) is 0.492. The fraction of sp³-hybridized carbons (Fsp3) is 0.0909. The molecule has 0 saturated heterocycles. The van der Waals surface area contributed by atoms with Crippen LogP contribution in [-0.4, -0.2) is 15.7 Å². The molecule has 0 atom stereocenters. The maximum absolute atomic E-state index is 7.28. The highest BCUT2D eigenvalue weighted by atomic mass is 15.4. The minimum Gasteiger partial charge on any atom is -0.383 e. The molecule has 0 fully saturated rings. The van der Waals surface area contributed by atoms with Gasteiger partial charge in [0.1, 0.15) is 5.82 Å². The lowest BCUT2D eigenvalue weighted by Crippen LogP contribution is -2.23. The van der Waals surface area contributed by atoms with Crippen LogP contribution in [0.1, 0.15) is 5.56 Å². The van der Waals surface area contributed by atoms with Gasteiger partial charge in [-0.1, -0.05) is 29.8 Å². The molecule has 0 amide bonds. The van der Waals surface area contributed by atoms with Crippen molar-refractivity contribution in [2.45, 2.75) is 6.92 Å². The molecule has 16 heavy (non-hydrogen) atoms. The Labute approximate surface area is 93.2 Å². The molecule has 5 N–H and O–H groups in total. The number of aromatic nitrogens is 2. The van der Waals surface area contributed by atoms with E-state index in [0.29, 0.717) is 11.5 Å². The smallest absolute Gasteiger partial charge is 0.215 e. The molecular formula is C11H13N5. The lowest BCUT2D eigenvalue weighted by molar-refractivity contribution is 0.925. The summed E-state index contributed by atoms with van der Waals surface area (Å²) in [7, 11) is 0. The minimum atomic E-state index is -0.184. The normalized spacial score (nSPS) is 10.3. The molecular weight excluding hydrogens is 202 g/mol. The van der Waals surface area contributed by atoms with Gasteiger partial charge in [0.25, 0.3) is 0 Å². The van der Waals surface area contributed by atoms with Gasteiger partial charge in [-0.25, -0.2) is 0 Å². The fourth-order valence-corrected chi connectivity index (χ4v) is 1.45. The van der Waals surface area contributed by atoms with Crippen molar-refractivity contribution in [1.82, 2.24) is 9.78 Å². The molecule has 82 valence electrons. The highest BCUT2D eigenvalue weighted by Crippen LogP contribution is 2.20. The van der Waals surface area contributed by atoms with E-state index in [9.17, 15) is 0 Å².